The Morgan fingerprint density at radius 1 is 1.43 bits per heavy atom. The van der Waals surface area contributed by atoms with Crippen LogP contribution in [0.3, 0.4) is 0 Å². The molecule has 1 aromatic rings. The van der Waals surface area contributed by atoms with E-state index in [1.807, 2.05) is 6.26 Å². The molecule has 0 amide bonds. The maximum Gasteiger partial charge on any atom is 0.147 e. The second-order valence-corrected chi connectivity index (χ2v) is 4.59. The Morgan fingerprint density at radius 3 is 2.71 bits per heavy atom. The molecule has 0 saturated carbocycles. The Morgan fingerprint density at radius 2 is 2.14 bits per heavy atom. The number of halogens is 2. The van der Waals surface area contributed by atoms with Crippen LogP contribution in [0.1, 0.15) is 5.56 Å². The van der Waals surface area contributed by atoms with Crippen molar-refractivity contribution in [1.82, 2.24) is 0 Å². The Balaban J connectivity index is 2.72. The van der Waals surface area contributed by atoms with Gasteiger partial charge in [-0.15, -0.1) is 0 Å². The molecule has 0 heterocycles. The number of ketones is 1. The molecule has 4 heteroatoms. The number of rotatable bonds is 4. The van der Waals surface area contributed by atoms with Crippen molar-refractivity contribution in [3.63, 3.8) is 0 Å². The van der Waals surface area contributed by atoms with Crippen LogP contribution < -0.4 is 0 Å². The third-order valence-electron chi connectivity index (χ3n) is 1.71. The van der Waals surface area contributed by atoms with Crippen LogP contribution in [-0.4, -0.2) is 17.8 Å². The molecule has 1 rings (SSSR count). The molecule has 0 atom stereocenters. The lowest BCUT2D eigenvalue weighted by Crippen LogP contribution is -2.05. The minimum Gasteiger partial charge on any atom is -0.298 e. The quantitative estimate of drug-likeness (QED) is 0.812. The number of carbonyl (C=O) groups excluding carboxylic acids is 1. The average molecular weight is 249 g/mol. The van der Waals surface area contributed by atoms with E-state index in [1.54, 1.807) is 18.2 Å². The average Bonchev–Trinajstić information content (AvgIpc) is 2.10. The van der Waals surface area contributed by atoms with E-state index in [-0.39, 0.29) is 5.78 Å². The summed E-state index contributed by atoms with van der Waals surface area (Å²) in [6.07, 6.45) is 2.29. The van der Waals surface area contributed by atoms with E-state index in [1.165, 1.54) is 11.8 Å². The van der Waals surface area contributed by atoms with Crippen LogP contribution in [0.5, 0.6) is 0 Å². The number of Topliss-reactive ketones (excluding diaryl/α,β-unsaturated/α-hetero) is 1. The fourth-order valence-corrected chi connectivity index (χ4v) is 1.99. The summed E-state index contributed by atoms with van der Waals surface area (Å²) in [5.74, 6) is 0.709. The summed E-state index contributed by atoms with van der Waals surface area (Å²) in [5.41, 5.74) is 0.843. The molecule has 1 nitrogen and oxygen atoms in total. The Kier molecular flexibility index (Phi) is 4.79. The minimum atomic E-state index is 0.182. The lowest BCUT2D eigenvalue weighted by atomic mass is 10.1. The zero-order chi connectivity index (χ0) is 10.6. The molecule has 0 unspecified atom stereocenters. The number of thioether (sulfide) groups is 1. The van der Waals surface area contributed by atoms with Crippen LogP contribution >= 0.6 is 35.0 Å². The number of hydrogen-bond donors (Lipinski definition) is 0. The van der Waals surface area contributed by atoms with E-state index < -0.39 is 0 Å². The number of benzene rings is 1. The van der Waals surface area contributed by atoms with Crippen molar-refractivity contribution in [1.29, 1.82) is 0 Å². The highest BCUT2D eigenvalue weighted by atomic mass is 35.5. The van der Waals surface area contributed by atoms with Crippen LogP contribution in [0, 0.1) is 0 Å². The number of carbonyl (C=O) groups is 1. The normalized spacial score (nSPS) is 10.2. The second-order valence-electron chi connectivity index (χ2n) is 2.88. The van der Waals surface area contributed by atoms with Gasteiger partial charge in [0.1, 0.15) is 5.78 Å². The van der Waals surface area contributed by atoms with Gasteiger partial charge < -0.3 is 0 Å². The third-order valence-corrected chi connectivity index (χ3v) is 2.91. The molecule has 76 valence electrons. The molecule has 0 aliphatic rings. The lowest BCUT2D eigenvalue weighted by molar-refractivity contribution is -0.115. The van der Waals surface area contributed by atoms with Gasteiger partial charge in [-0.1, -0.05) is 29.3 Å². The van der Waals surface area contributed by atoms with Crippen molar-refractivity contribution >= 4 is 40.7 Å². The predicted octanol–water partition coefficient (Wildman–Crippen LogP) is 3.47. The van der Waals surface area contributed by atoms with Crippen LogP contribution in [0.15, 0.2) is 18.2 Å². The molecule has 0 saturated heterocycles. The maximum atomic E-state index is 11.3. The number of hydrogen-bond acceptors (Lipinski definition) is 2. The standard InChI is InChI=1S/C10H10Cl2OS/c1-14-6-9(13)4-7-2-3-8(11)5-10(7)12/h2-3,5H,4,6H2,1H3. The van der Waals surface area contributed by atoms with E-state index >= 15 is 0 Å². The van der Waals surface area contributed by atoms with Gasteiger partial charge in [0.25, 0.3) is 0 Å². The highest BCUT2D eigenvalue weighted by Gasteiger charge is 2.06. The molecule has 0 aliphatic carbocycles. The first-order chi connectivity index (χ1) is 6.63. The van der Waals surface area contributed by atoms with Gasteiger partial charge in [-0.3, -0.25) is 4.79 Å². The smallest absolute Gasteiger partial charge is 0.147 e. The van der Waals surface area contributed by atoms with E-state index in [9.17, 15) is 4.79 Å². The molecule has 0 aliphatic heterocycles. The minimum absolute atomic E-state index is 0.182. The molecule has 0 fully saturated rings. The molecule has 1 aromatic carbocycles. The summed E-state index contributed by atoms with van der Waals surface area (Å²) in [6.45, 7) is 0. The maximum absolute atomic E-state index is 11.3. The molecular formula is C10H10Cl2OS. The summed E-state index contributed by atoms with van der Waals surface area (Å²) in [6, 6.07) is 5.20. The highest BCUT2D eigenvalue weighted by molar-refractivity contribution is 7.99. The topological polar surface area (TPSA) is 17.1 Å². The van der Waals surface area contributed by atoms with Crippen LogP contribution in [0.2, 0.25) is 10.0 Å². The monoisotopic (exact) mass is 248 g/mol. The molecule has 0 aromatic heterocycles. The summed E-state index contributed by atoms with van der Waals surface area (Å²) < 4.78 is 0. The van der Waals surface area contributed by atoms with Crippen molar-refractivity contribution in [3.8, 4) is 0 Å². The van der Waals surface area contributed by atoms with Gasteiger partial charge in [0.05, 0.1) is 5.75 Å². The van der Waals surface area contributed by atoms with Gasteiger partial charge in [-0.05, 0) is 24.0 Å². The van der Waals surface area contributed by atoms with Crippen molar-refractivity contribution in [3.05, 3.63) is 33.8 Å². The Hall–Kier alpha value is -0.180. The van der Waals surface area contributed by atoms with Gasteiger partial charge in [0.2, 0.25) is 0 Å². The predicted molar refractivity (Wildman–Crippen MR) is 63.6 cm³/mol. The molecule has 0 radical (unpaired) electrons. The molecule has 0 N–H and O–H groups in total. The fraction of sp³-hybridized carbons (Fsp3) is 0.300. The molecule has 0 spiro atoms. The van der Waals surface area contributed by atoms with Gasteiger partial charge >= 0.3 is 0 Å². The highest BCUT2D eigenvalue weighted by Crippen LogP contribution is 2.21. The first kappa shape index (κ1) is 11.9. The zero-order valence-corrected chi connectivity index (χ0v) is 10.0. The third kappa shape index (κ3) is 3.52. The van der Waals surface area contributed by atoms with Crippen molar-refractivity contribution < 1.29 is 4.79 Å². The van der Waals surface area contributed by atoms with Crippen LogP contribution in [0.4, 0.5) is 0 Å². The van der Waals surface area contributed by atoms with Crippen molar-refractivity contribution in [2.75, 3.05) is 12.0 Å². The van der Waals surface area contributed by atoms with Gasteiger partial charge in [-0.25, -0.2) is 0 Å². The van der Waals surface area contributed by atoms with Gasteiger partial charge in [0, 0.05) is 16.5 Å². The summed E-state index contributed by atoms with van der Waals surface area (Å²) in [5, 5.41) is 1.16. The SMILES string of the molecule is CSCC(=O)Cc1ccc(Cl)cc1Cl. The molecular weight excluding hydrogens is 239 g/mol. The Labute approximate surface area is 97.8 Å². The largest absolute Gasteiger partial charge is 0.298 e. The first-order valence-electron chi connectivity index (χ1n) is 4.08. The van der Waals surface area contributed by atoms with Gasteiger partial charge in [-0.2, -0.15) is 11.8 Å². The van der Waals surface area contributed by atoms with Crippen LogP contribution in [0.25, 0.3) is 0 Å². The zero-order valence-electron chi connectivity index (χ0n) is 7.72. The Bertz CT molecular complexity index is 339. The van der Waals surface area contributed by atoms with Crippen LogP contribution in [-0.2, 0) is 11.2 Å². The van der Waals surface area contributed by atoms with Gasteiger partial charge in [0.15, 0.2) is 0 Å². The summed E-state index contributed by atoms with van der Waals surface area (Å²) in [7, 11) is 0. The first-order valence-corrected chi connectivity index (χ1v) is 6.23. The van der Waals surface area contributed by atoms with E-state index in [4.69, 9.17) is 23.2 Å². The second kappa shape index (κ2) is 5.64. The van der Waals surface area contributed by atoms with E-state index in [0.29, 0.717) is 22.2 Å². The molecule has 0 bridgehead atoms. The fourth-order valence-electron chi connectivity index (χ4n) is 1.09. The van der Waals surface area contributed by atoms with E-state index in [2.05, 4.69) is 0 Å². The molecule has 14 heavy (non-hydrogen) atoms. The summed E-state index contributed by atoms with van der Waals surface area (Å²) >= 11 is 13.2. The lowest BCUT2D eigenvalue weighted by Gasteiger charge is -2.03. The van der Waals surface area contributed by atoms with E-state index in [0.717, 1.165) is 5.56 Å². The summed E-state index contributed by atoms with van der Waals surface area (Å²) in [4.78, 5) is 11.3. The van der Waals surface area contributed by atoms with Crippen molar-refractivity contribution in [2.24, 2.45) is 0 Å². The van der Waals surface area contributed by atoms with Crippen molar-refractivity contribution in [2.45, 2.75) is 6.42 Å².